The minimum Gasteiger partial charge on any atom is -0.481 e. The van der Waals surface area contributed by atoms with Gasteiger partial charge in [-0.15, -0.1) is 0 Å². The van der Waals surface area contributed by atoms with Crippen LogP contribution in [0.15, 0.2) is 18.2 Å². The van der Waals surface area contributed by atoms with Gasteiger partial charge in [0, 0.05) is 13.6 Å². The zero-order valence-electron chi connectivity index (χ0n) is 11.0. The second kappa shape index (κ2) is 5.79. The number of nitrogens with zero attached hydrogens (tertiary/aromatic N) is 1. The van der Waals surface area contributed by atoms with Crippen molar-refractivity contribution in [2.75, 3.05) is 13.8 Å². The van der Waals surface area contributed by atoms with Crippen LogP contribution >= 0.6 is 0 Å². The second-order valence-electron chi connectivity index (χ2n) is 4.59. The molecule has 1 atom stereocenters. The van der Waals surface area contributed by atoms with Gasteiger partial charge in [0.1, 0.15) is 0 Å². The van der Waals surface area contributed by atoms with Crippen molar-refractivity contribution in [2.24, 2.45) is 5.73 Å². The first-order valence-corrected chi connectivity index (χ1v) is 6.08. The monoisotopic (exact) mass is 280 g/mol. The van der Waals surface area contributed by atoms with Crippen molar-refractivity contribution < 1.29 is 24.2 Å². The summed E-state index contributed by atoms with van der Waals surface area (Å²) < 4.78 is 10.5. The molecule has 108 valence electrons. The minimum atomic E-state index is -1.10. The van der Waals surface area contributed by atoms with Crippen LogP contribution in [-0.4, -0.2) is 41.8 Å². The molecule has 0 saturated carbocycles. The summed E-state index contributed by atoms with van der Waals surface area (Å²) in [5.74, 6) is -0.198. The standard InChI is InChI=1S/C13H16N2O5/c1-15(13(18)9(14)5-12(16)17)6-8-2-3-10-11(4-8)20-7-19-10/h2-4,9H,5-7,14H2,1H3,(H,16,17). The molecule has 3 N–H and O–H groups in total. The number of carboxylic acid groups (broad SMARTS) is 1. The van der Waals surface area contributed by atoms with Crippen LogP contribution in [0.4, 0.5) is 0 Å². The van der Waals surface area contributed by atoms with Crippen LogP contribution in [0.25, 0.3) is 0 Å². The number of carboxylic acids is 1. The number of likely N-dealkylation sites (N-methyl/N-ethyl adjacent to an activating group) is 1. The van der Waals surface area contributed by atoms with Gasteiger partial charge >= 0.3 is 5.97 Å². The SMILES string of the molecule is CN(Cc1ccc2c(c1)OCO2)C(=O)C(N)CC(=O)O. The maximum atomic E-state index is 11.9. The first-order chi connectivity index (χ1) is 9.47. The van der Waals surface area contributed by atoms with Crippen LogP contribution in [0, 0.1) is 0 Å². The maximum Gasteiger partial charge on any atom is 0.305 e. The van der Waals surface area contributed by atoms with Gasteiger partial charge in [0.25, 0.3) is 0 Å². The summed E-state index contributed by atoms with van der Waals surface area (Å²) in [4.78, 5) is 23.8. The largest absolute Gasteiger partial charge is 0.481 e. The molecule has 1 heterocycles. The number of nitrogens with two attached hydrogens (primary N) is 1. The molecule has 2 rings (SSSR count). The van der Waals surface area contributed by atoms with Gasteiger partial charge in [0.15, 0.2) is 11.5 Å². The second-order valence-corrected chi connectivity index (χ2v) is 4.59. The number of hydrogen-bond donors (Lipinski definition) is 2. The van der Waals surface area contributed by atoms with E-state index in [4.69, 9.17) is 20.3 Å². The van der Waals surface area contributed by atoms with Gasteiger partial charge in [-0.1, -0.05) is 6.07 Å². The zero-order chi connectivity index (χ0) is 14.7. The smallest absolute Gasteiger partial charge is 0.305 e. The van der Waals surface area contributed by atoms with Crippen molar-refractivity contribution in [3.8, 4) is 11.5 Å². The minimum absolute atomic E-state index is 0.192. The topological polar surface area (TPSA) is 102 Å². The lowest BCUT2D eigenvalue weighted by molar-refractivity contribution is -0.141. The van der Waals surface area contributed by atoms with Crippen molar-refractivity contribution >= 4 is 11.9 Å². The third kappa shape index (κ3) is 3.18. The Hall–Kier alpha value is -2.28. The molecule has 0 spiro atoms. The van der Waals surface area contributed by atoms with Crippen LogP contribution in [0.5, 0.6) is 11.5 Å². The van der Waals surface area contributed by atoms with E-state index in [9.17, 15) is 9.59 Å². The van der Waals surface area contributed by atoms with E-state index in [1.165, 1.54) is 4.90 Å². The summed E-state index contributed by atoms with van der Waals surface area (Å²) >= 11 is 0. The molecule has 1 amide bonds. The predicted molar refractivity (Wildman–Crippen MR) is 69.3 cm³/mol. The van der Waals surface area contributed by atoms with Crippen molar-refractivity contribution in [1.29, 1.82) is 0 Å². The number of aliphatic carboxylic acids is 1. The number of hydrogen-bond acceptors (Lipinski definition) is 5. The van der Waals surface area contributed by atoms with Gasteiger partial charge < -0.3 is 25.2 Å². The van der Waals surface area contributed by atoms with Crippen LogP contribution < -0.4 is 15.2 Å². The van der Waals surface area contributed by atoms with Crippen LogP contribution in [0.1, 0.15) is 12.0 Å². The van der Waals surface area contributed by atoms with Crippen molar-refractivity contribution in [2.45, 2.75) is 19.0 Å². The lowest BCUT2D eigenvalue weighted by atomic mass is 10.1. The van der Waals surface area contributed by atoms with Gasteiger partial charge in [0.2, 0.25) is 12.7 Å². The highest BCUT2D eigenvalue weighted by molar-refractivity contribution is 5.85. The Labute approximate surface area is 115 Å². The Morgan fingerprint density at radius 3 is 2.80 bits per heavy atom. The molecule has 1 aliphatic heterocycles. The average Bonchev–Trinajstić information content (AvgIpc) is 2.84. The summed E-state index contributed by atoms with van der Waals surface area (Å²) in [5, 5.41) is 8.63. The third-order valence-electron chi connectivity index (χ3n) is 2.94. The highest BCUT2D eigenvalue weighted by Gasteiger charge is 2.21. The summed E-state index contributed by atoms with van der Waals surface area (Å²) in [5.41, 5.74) is 6.40. The highest BCUT2D eigenvalue weighted by atomic mass is 16.7. The normalized spacial score (nSPS) is 13.9. The Kier molecular flexibility index (Phi) is 4.09. The molecule has 0 aromatic heterocycles. The zero-order valence-corrected chi connectivity index (χ0v) is 11.0. The molecular weight excluding hydrogens is 264 g/mol. The van der Waals surface area contributed by atoms with Gasteiger partial charge in [0.05, 0.1) is 12.5 Å². The molecule has 1 aromatic carbocycles. The lowest BCUT2D eigenvalue weighted by Crippen LogP contribution is -2.42. The van der Waals surface area contributed by atoms with Gasteiger partial charge in [-0.2, -0.15) is 0 Å². The Bertz CT molecular complexity index is 531. The predicted octanol–water partition coefficient (Wildman–Crippen LogP) is 0.176. The first-order valence-electron chi connectivity index (χ1n) is 6.08. The molecule has 7 nitrogen and oxygen atoms in total. The molecular formula is C13H16N2O5. The number of benzene rings is 1. The average molecular weight is 280 g/mol. The van der Waals surface area contributed by atoms with Gasteiger partial charge in [-0.3, -0.25) is 9.59 Å². The van der Waals surface area contributed by atoms with Crippen molar-refractivity contribution in [3.05, 3.63) is 23.8 Å². The van der Waals surface area contributed by atoms with E-state index in [0.29, 0.717) is 18.0 Å². The van der Waals surface area contributed by atoms with Gasteiger partial charge in [-0.25, -0.2) is 0 Å². The summed E-state index contributed by atoms with van der Waals surface area (Å²) in [6.07, 6.45) is -0.385. The van der Waals surface area contributed by atoms with Gasteiger partial charge in [-0.05, 0) is 17.7 Å². The molecule has 0 radical (unpaired) electrons. The molecule has 0 bridgehead atoms. The molecule has 1 unspecified atom stereocenters. The molecule has 0 saturated heterocycles. The fourth-order valence-corrected chi connectivity index (χ4v) is 1.95. The first kappa shape index (κ1) is 14.1. The van der Waals surface area contributed by atoms with E-state index >= 15 is 0 Å². The summed E-state index contributed by atoms with van der Waals surface area (Å²) in [6.45, 7) is 0.514. The number of ether oxygens (including phenoxy) is 2. The van der Waals surface area contributed by atoms with E-state index < -0.39 is 17.9 Å². The van der Waals surface area contributed by atoms with Crippen LogP contribution in [0.3, 0.4) is 0 Å². The molecule has 0 aliphatic carbocycles. The number of rotatable bonds is 5. The van der Waals surface area contributed by atoms with Crippen molar-refractivity contribution in [1.82, 2.24) is 4.90 Å². The molecule has 1 aliphatic rings. The van der Waals surface area contributed by atoms with E-state index in [1.807, 2.05) is 6.07 Å². The fraction of sp³-hybridized carbons (Fsp3) is 0.385. The Balaban J connectivity index is 1.98. The Morgan fingerprint density at radius 2 is 2.10 bits per heavy atom. The number of carbonyl (C=O) groups is 2. The molecule has 20 heavy (non-hydrogen) atoms. The van der Waals surface area contributed by atoms with Crippen molar-refractivity contribution in [3.63, 3.8) is 0 Å². The quantitative estimate of drug-likeness (QED) is 0.797. The molecule has 1 aromatic rings. The van der Waals surface area contributed by atoms with Crippen LogP contribution in [0.2, 0.25) is 0 Å². The van der Waals surface area contributed by atoms with E-state index in [2.05, 4.69) is 0 Å². The molecule has 0 fully saturated rings. The highest BCUT2D eigenvalue weighted by Crippen LogP contribution is 2.32. The fourth-order valence-electron chi connectivity index (χ4n) is 1.95. The number of fused-ring (bicyclic) bond motifs is 1. The van der Waals surface area contributed by atoms with E-state index in [-0.39, 0.29) is 13.2 Å². The van der Waals surface area contributed by atoms with Crippen LogP contribution in [-0.2, 0) is 16.1 Å². The van der Waals surface area contributed by atoms with E-state index in [0.717, 1.165) is 5.56 Å². The number of carbonyl (C=O) groups excluding carboxylic acids is 1. The summed E-state index contributed by atoms with van der Waals surface area (Å²) in [6, 6.07) is 4.34. The number of amides is 1. The Morgan fingerprint density at radius 1 is 1.40 bits per heavy atom. The summed E-state index contributed by atoms with van der Waals surface area (Å²) in [7, 11) is 1.58. The molecule has 7 heteroatoms. The maximum absolute atomic E-state index is 11.9. The lowest BCUT2D eigenvalue weighted by Gasteiger charge is -2.20. The third-order valence-corrected chi connectivity index (χ3v) is 2.94. The van der Waals surface area contributed by atoms with E-state index in [1.54, 1.807) is 19.2 Å².